The molecule has 3 nitrogen and oxygen atoms in total. The average molecular weight is 204 g/mol. The highest BCUT2D eigenvalue weighted by Gasteiger charge is 2.23. The van der Waals surface area contributed by atoms with Crippen LogP contribution in [0, 0.1) is 0 Å². The van der Waals surface area contributed by atoms with Crippen LogP contribution in [0.1, 0.15) is 20.3 Å². The number of anilines is 2. The number of benzene rings is 1. The van der Waals surface area contributed by atoms with Crippen LogP contribution in [0.5, 0.6) is 0 Å². The first-order valence-electron chi connectivity index (χ1n) is 5.38. The lowest BCUT2D eigenvalue weighted by atomic mass is 10.2. The van der Waals surface area contributed by atoms with Crippen molar-refractivity contribution in [3.63, 3.8) is 0 Å². The van der Waals surface area contributed by atoms with Gasteiger partial charge >= 0.3 is 0 Å². The fraction of sp³-hybridized carbons (Fsp3) is 0.417. The summed E-state index contributed by atoms with van der Waals surface area (Å²) in [5.41, 5.74) is 2.05. The second kappa shape index (κ2) is 3.93. The minimum absolute atomic E-state index is 0.103. The van der Waals surface area contributed by atoms with Crippen LogP contribution in [0.3, 0.4) is 0 Å². The molecule has 0 saturated heterocycles. The van der Waals surface area contributed by atoms with E-state index in [9.17, 15) is 4.79 Å². The Hall–Kier alpha value is -1.51. The van der Waals surface area contributed by atoms with E-state index >= 15 is 0 Å². The molecule has 2 rings (SSSR count). The third kappa shape index (κ3) is 1.82. The molecule has 1 unspecified atom stereocenters. The molecule has 1 amide bonds. The van der Waals surface area contributed by atoms with E-state index in [0.29, 0.717) is 6.42 Å². The van der Waals surface area contributed by atoms with Gasteiger partial charge in [-0.25, -0.2) is 0 Å². The molecule has 15 heavy (non-hydrogen) atoms. The Balaban J connectivity index is 2.46. The van der Waals surface area contributed by atoms with Crippen LogP contribution >= 0.6 is 0 Å². The molecule has 1 aromatic carbocycles. The lowest BCUT2D eigenvalue weighted by molar-refractivity contribution is -0.116. The fourth-order valence-corrected chi connectivity index (χ4v) is 2.13. The second-order valence-corrected chi connectivity index (χ2v) is 3.90. The quantitative estimate of drug-likeness (QED) is 0.761. The average Bonchev–Trinajstić information content (AvgIpc) is 2.32. The summed E-state index contributed by atoms with van der Waals surface area (Å²) in [6.45, 7) is 5.13. The largest absolute Gasteiger partial charge is 0.367 e. The molecule has 0 spiro atoms. The molecular weight excluding hydrogens is 188 g/mol. The van der Waals surface area contributed by atoms with Gasteiger partial charge in [-0.15, -0.1) is 0 Å². The molecule has 0 radical (unpaired) electrons. The van der Waals surface area contributed by atoms with Crippen LogP contribution in [-0.2, 0) is 4.79 Å². The molecule has 0 fully saturated rings. The summed E-state index contributed by atoms with van der Waals surface area (Å²) in [7, 11) is 0. The maximum Gasteiger partial charge on any atom is 0.226 e. The van der Waals surface area contributed by atoms with Crippen molar-refractivity contribution in [3.8, 4) is 0 Å². The molecule has 1 atom stereocenters. The van der Waals surface area contributed by atoms with Crippen molar-refractivity contribution in [1.29, 1.82) is 0 Å². The van der Waals surface area contributed by atoms with E-state index in [0.717, 1.165) is 17.9 Å². The summed E-state index contributed by atoms with van der Waals surface area (Å²) in [5.74, 6) is 0.103. The van der Waals surface area contributed by atoms with Gasteiger partial charge in [0.15, 0.2) is 0 Å². The zero-order chi connectivity index (χ0) is 10.8. The molecule has 0 bridgehead atoms. The van der Waals surface area contributed by atoms with Gasteiger partial charge in [-0.1, -0.05) is 12.1 Å². The topological polar surface area (TPSA) is 32.3 Å². The van der Waals surface area contributed by atoms with E-state index < -0.39 is 0 Å². The zero-order valence-electron chi connectivity index (χ0n) is 9.16. The van der Waals surface area contributed by atoms with Crippen LogP contribution < -0.4 is 10.2 Å². The van der Waals surface area contributed by atoms with Crippen molar-refractivity contribution in [2.45, 2.75) is 26.3 Å². The first kappa shape index (κ1) is 10.0. The van der Waals surface area contributed by atoms with Crippen molar-refractivity contribution in [2.24, 2.45) is 0 Å². The monoisotopic (exact) mass is 204 g/mol. The number of amides is 1. The smallest absolute Gasteiger partial charge is 0.226 e. The maximum atomic E-state index is 11.6. The van der Waals surface area contributed by atoms with E-state index in [1.54, 1.807) is 0 Å². The molecule has 1 aliphatic rings. The molecule has 3 heteroatoms. The molecule has 0 saturated carbocycles. The predicted octanol–water partition coefficient (Wildman–Crippen LogP) is 2.24. The van der Waals surface area contributed by atoms with Crippen LogP contribution in [0.4, 0.5) is 11.4 Å². The summed E-state index contributed by atoms with van der Waals surface area (Å²) in [5, 5.41) is 2.94. The molecule has 1 N–H and O–H groups in total. The Morgan fingerprint density at radius 3 is 2.93 bits per heavy atom. The van der Waals surface area contributed by atoms with Crippen molar-refractivity contribution < 1.29 is 4.79 Å². The van der Waals surface area contributed by atoms with Gasteiger partial charge in [0.05, 0.1) is 11.4 Å². The summed E-state index contributed by atoms with van der Waals surface area (Å²) in [4.78, 5) is 13.8. The molecular formula is C12H16N2O. The number of hydrogen-bond donors (Lipinski definition) is 1. The van der Waals surface area contributed by atoms with Gasteiger partial charge in [-0.3, -0.25) is 4.79 Å². The number of nitrogens with zero attached hydrogens (tertiary/aromatic N) is 1. The zero-order valence-corrected chi connectivity index (χ0v) is 9.16. The van der Waals surface area contributed by atoms with Crippen LogP contribution in [0.15, 0.2) is 24.3 Å². The normalized spacial score (nSPS) is 20.5. The Morgan fingerprint density at radius 1 is 1.47 bits per heavy atom. The van der Waals surface area contributed by atoms with Crippen molar-refractivity contribution in [2.75, 3.05) is 16.8 Å². The number of fused-ring (bicyclic) bond motifs is 1. The number of hydrogen-bond acceptors (Lipinski definition) is 2. The molecule has 0 aliphatic carbocycles. The highest BCUT2D eigenvalue weighted by atomic mass is 16.1. The number of nitrogens with one attached hydrogen (secondary N) is 1. The third-order valence-corrected chi connectivity index (χ3v) is 2.84. The first-order valence-corrected chi connectivity index (χ1v) is 5.38. The second-order valence-electron chi connectivity index (χ2n) is 3.90. The van der Waals surface area contributed by atoms with E-state index in [1.807, 2.05) is 18.2 Å². The SMILES string of the molecule is CCN1c2ccccc2NC(=O)CC1C. The highest BCUT2D eigenvalue weighted by molar-refractivity contribution is 5.96. The fourth-order valence-electron chi connectivity index (χ4n) is 2.13. The van der Waals surface area contributed by atoms with Gasteiger partial charge in [0.1, 0.15) is 0 Å². The van der Waals surface area contributed by atoms with Gasteiger partial charge in [-0.05, 0) is 26.0 Å². The Morgan fingerprint density at radius 2 is 2.20 bits per heavy atom. The standard InChI is InChI=1S/C12H16N2O/c1-3-14-9(2)8-12(15)13-10-6-4-5-7-11(10)14/h4-7,9H,3,8H2,1-2H3,(H,13,15). The minimum Gasteiger partial charge on any atom is -0.367 e. The van der Waals surface area contributed by atoms with Crippen molar-refractivity contribution >= 4 is 17.3 Å². The molecule has 1 aliphatic heterocycles. The Kier molecular flexibility index (Phi) is 2.62. The van der Waals surface area contributed by atoms with Crippen LogP contribution in [0.2, 0.25) is 0 Å². The van der Waals surface area contributed by atoms with E-state index in [1.165, 1.54) is 0 Å². The molecule has 1 heterocycles. The maximum absolute atomic E-state index is 11.6. The predicted molar refractivity (Wildman–Crippen MR) is 62.2 cm³/mol. The number of rotatable bonds is 1. The molecule has 80 valence electrons. The van der Waals surface area contributed by atoms with E-state index in [2.05, 4.69) is 30.1 Å². The lowest BCUT2D eigenvalue weighted by Gasteiger charge is -2.28. The van der Waals surface area contributed by atoms with Crippen LogP contribution in [0.25, 0.3) is 0 Å². The Bertz CT molecular complexity index is 376. The van der Waals surface area contributed by atoms with Crippen molar-refractivity contribution in [1.82, 2.24) is 0 Å². The van der Waals surface area contributed by atoms with Gasteiger partial charge in [0, 0.05) is 19.0 Å². The third-order valence-electron chi connectivity index (χ3n) is 2.84. The summed E-state index contributed by atoms with van der Waals surface area (Å²) in [6.07, 6.45) is 0.558. The Labute approximate surface area is 90.1 Å². The van der Waals surface area contributed by atoms with E-state index in [4.69, 9.17) is 0 Å². The molecule has 1 aromatic rings. The highest BCUT2D eigenvalue weighted by Crippen LogP contribution is 2.30. The lowest BCUT2D eigenvalue weighted by Crippen LogP contribution is -2.33. The van der Waals surface area contributed by atoms with Crippen molar-refractivity contribution in [3.05, 3.63) is 24.3 Å². The summed E-state index contributed by atoms with van der Waals surface area (Å²) in [6, 6.07) is 8.22. The number of para-hydroxylation sites is 2. The number of carbonyl (C=O) groups is 1. The van der Waals surface area contributed by atoms with Gasteiger partial charge in [-0.2, -0.15) is 0 Å². The van der Waals surface area contributed by atoms with Crippen LogP contribution in [-0.4, -0.2) is 18.5 Å². The van der Waals surface area contributed by atoms with Gasteiger partial charge in [0.2, 0.25) is 5.91 Å². The summed E-state index contributed by atoms with van der Waals surface area (Å²) < 4.78 is 0. The first-order chi connectivity index (χ1) is 7.22. The van der Waals surface area contributed by atoms with Gasteiger partial charge in [0.25, 0.3) is 0 Å². The molecule has 0 aromatic heterocycles. The number of carbonyl (C=O) groups excluding carboxylic acids is 1. The minimum atomic E-state index is 0.103. The summed E-state index contributed by atoms with van der Waals surface area (Å²) >= 11 is 0. The van der Waals surface area contributed by atoms with E-state index in [-0.39, 0.29) is 11.9 Å². The van der Waals surface area contributed by atoms with Gasteiger partial charge < -0.3 is 10.2 Å².